The molecule has 0 saturated carbocycles. The fourth-order valence-corrected chi connectivity index (χ4v) is 2.86. The second-order valence-electron chi connectivity index (χ2n) is 6.21. The number of nitrogens with zero attached hydrogens (tertiary/aromatic N) is 1. The molecule has 7 heteroatoms. The molecule has 142 valence electrons. The van der Waals surface area contributed by atoms with Gasteiger partial charge in [-0.1, -0.05) is 18.2 Å². The molecular formula is C22H15N3O4. The number of ether oxygens (including phenoxy) is 2. The Morgan fingerprint density at radius 3 is 2.34 bits per heavy atom. The lowest BCUT2D eigenvalue weighted by Gasteiger charge is -2.09. The largest absolute Gasteiger partial charge is 0.454 e. The second kappa shape index (κ2) is 7.74. The number of nitrogens with one attached hydrogen (secondary N) is 2. The van der Waals surface area contributed by atoms with Gasteiger partial charge in [0.05, 0.1) is 11.3 Å². The van der Waals surface area contributed by atoms with E-state index < -0.39 is 5.91 Å². The van der Waals surface area contributed by atoms with Crippen LogP contribution in [0.15, 0.2) is 66.7 Å². The van der Waals surface area contributed by atoms with Crippen molar-refractivity contribution in [1.82, 2.24) is 0 Å². The van der Waals surface area contributed by atoms with Gasteiger partial charge in [0.1, 0.15) is 6.07 Å². The van der Waals surface area contributed by atoms with Gasteiger partial charge in [-0.25, -0.2) is 0 Å². The first-order chi connectivity index (χ1) is 14.1. The number of carbonyl (C=O) groups excluding carboxylic acids is 2. The summed E-state index contributed by atoms with van der Waals surface area (Å²) in [6, 6.07) is 20.2. The lowest BCUT2D eigenvalue weighted by atomic mass is 10.1. The van der Waals surface area contributed by atoms with E-state index in [4.69, 9.17) is 14.7 Å². The van der Waals surface area contributed by atoms with Gasteiger partial charge in [-0.2, -0.15) is 5.26 Å². The summed E-state index contributed by atoms with van der Waals surface area (Å²) in [4.78, 5) is 25.2. The second-order valence-corrected chi connectivity index (χ2v) is 6.21. The molecule has 0 atom stereocenters. The molecule has 0 saturated heterocycles. The van der Waals surface area contributed by atoms with Crippen LogP contribution in [0.4, 0.5) is 11.4 Å². The van der Waals surface area contributed by atoms with E-state index in [1.807, 2.05) is 6.07 Å². The van der Waals surface area contributed by atoms with E-state index in [0.717, 1.165) is 0 Å². The number of nitriles is 1. The number of anilines is 2. The molecular weight excluding hydrogens is 370 g/mol. The quantitative estimate of drug-likeness (QED) is 0.712. The van der Waals surface area contributed by atoms with Crippen molar-refractivity contribution >= 4 is 23.2 Å². The van der Waals surface area contributed by atoms with Gasteiger partial charge >= 0.3 is 0 Å². The summed E-state index contributed by atoms with van der Waals surface area (Å²) in [7, 11) is 0. The molecule has 0 radical (unpaired) electrons. The lowest BCUT2D eigenvalue weighted by molar-refractivity contribution is 0.102. The predicted octanol–water partition coefficient (Wildman–Crippen LogP) is 3.79. The van der Waals surface area contributed by atoms with Crippen LogP contribution < -0.4 is 20.1 Å². The van der Waals surface area contributed by atoms with Crippen LogP contribution in [0.5, 0.6) is 11.5 Å². The molecule has 4 rings (SSSR count). The highest BCUT2D eigenvalue weighted by Gasteiger charge is 2.16. The fraction of sp³-hybridized carbons (Fsp3) is 0.0455. The van der Waals surface area contributed by atoms with Gasteiger partial charge in [0.25, 0.3) is 11.8 Å². The Bertz CT molecular complexity index is 1150. The van der Waals surface area contributed by atoms with Crippen molar-refractivity contribution in [1.29, 1.82) is 5.26 Å². The molecule has 0 fully saturated rings. The Hall–Kier alpha value is -4.31. The Morgan fingerprint density at radius 2 is 1.55 bits per heavy atom. The third kappa shape index (κ3) is 3.87. The molecule has 1 aliphatic heterocycles. The summed E-state index contributed by atoms with van der Waals surface area (Å²) in [5.41, 5.74) is 1.95. The lowest BCUT2D eigenvalue weighted by Crippen LogP contribution is -2.16. The van der Waals surface area contributed by atoms with Crippen molar-refractivity contribution in [2.45, 2.75) is 0 Å². The number of rotatable bonds is 4. The minimum absolute atomic E-state index is 0.152. The highest BCUT2D eigenvalue weighted by molar-refractivity contribution is 6.09. The van der Waals surface area contributed by atoms with Crippen LogP contribution in [0.3, 0.4) is 0 Å². The fourth-order valence-electron chi connectivity index (χ4n) is 2.86. The Labute approximate surface area is 166 Å². The Kier molecular flexibility index (Phi) is 4.82. The molecule has 0 aromatic heterocycles. The van der Waals surface area contributed by atoms with Crippen LogP contribution in [-0.2, 0) is 0 Å². The van der Waals surface area contributed by atoms with Gasteiger partial charge in [0, 0.05) is 22.9 Å². The van der Waals surface area contributed by atoms with Crippen molar-refractivity contribution in [2.75, 3.05) is 17.4 Å². The van der Waals surface area contributed by atoms with E-state index >= 15 is 0 Å². The highest BCUT2D eigenvalue weighted by Crippen LogP contribution is 2.34. The van der Waals surface area contributed by atoms with Crippen LogP contribution in [0.25, 0.3) is 0 Å². The molecule has 7 nitrogen and oxygen atoms in total. The zero-order valence-corrected chi connectivity index (χ0v) is 15.1. The summed E-state index contributed by atoms with van der Waals surface area (Å²) in [6.45, 7) is 0.152. The first-order valence-corrected chi connectivity index (χ1v) is 8.75. The summed E-state index contributed by atoms with van der Waals surface area (Å²) in [5.74, 6) is 0.410. The van der Waals surface area contributed by atoms with Crippen molar-refractivity contribution in [2.24, 2.45) is 0 Å². The molecule has 2 N–H and O–H groups in total. The highest BCUT2D eigenvalue weighted by atomic mass is 16.7. The molecule has 29 heavy (non-hydrogen) atoms. The zero-order valence-electron chi connectivity index (χ0n) is 15.1. The Morgan fingerprint density at radius 1 is 0.828 bits per heavy atom. The molecule has 1 aliphatic rings. The van der Waals surface area contributed by atoms with Crippen LogP contribution in [0.2, 0.25) is 0 Å². The molecule has 0 aliphatic carbocycles. The van der Waals surface area contributed by atoms with Crippen molar-refractivity contribution < 1.29 is 19.1 Å². The molecule has 1 heterocycles. The molecule has 0 bridgehead atoms. The standard InChI is InChI=1S/C22H15N3O4/c23-12-16-4-1-2-7-18(16)25-22(27)15-6-3-5-14(10-15)21(26)24-17-8-9-19-20(11-17)29-13-28-19/h1-11H,13H2,(H,24,26)(H,25,27). The maximum absolute atomic E-state index is 12.6. The Balaban J connectivity index is 1.50. The minimum atomic E-state index is -0.412. The summed E-state index contributed by atoms with van der Waals surface area (Å²) in [6.07, 6.45) is 0. The third-order valence-corrected chi connectivity index (χ3v) is 4.31. The molecule has 3 aromatic carbocycles. The topological polar surface area (TPSA) is 100 Å². The number of benzene rings is 3. The number of fused-ring (bicyclic) bond motifs is 1. The third-order valence-electron chi connectivity index (χ3n) is 4.31. The van der Waals surface area contributed by atoms with Gasteiger partial charge in [-0.05, 0) is 42.5 Å². The van der Waals surface area contributed by atoms with Gasteiger partial charge in [0.2, 0.25) is 6.79 Å². The van der Waals surface area contributed by atoms with Gasteiger partial charge in [0.15, 0.2) is 11.5 Å². The van der Waals surface area contributed by atoms with E-state index in [0.29, 0.717) is 39.6 Å². The van der Waals surface area contributed by atoms with E-state index in [1.165, 1.54) is 6.07 Å². The molecule has 3 aromatic rings. The molecule has 0 spiro atoms. The monoisotopic (exact) mass is 385 g/mol. The SMILES string of the molecule is N#Cc1ccccc1NC(=O)c1cccc(C(=O)Nc2ccc3c(c2)OCO3)c1. The maximum Gasteiger partial charge on any atom is 0.255 e. The van der Waals surface area contributed by atoms with Crippen LogP contribution >= 0.6 is 0 Å². The van der Waals surface area contributed by atoms with Crippen LogP contribution in [0.1, 0.15) is 26.3 Å². The maximum atomic E-state index is 12.6. The first kappa shape index (κ1) is 18.1. The average molecular weight is 385 g/mol. The zero-order chi connectivity index (χ0) is 20.2. The van der Waals surface area contributed by atoms with E-state index in [1.54, 1.807) is 60.7 Å². The normalized spacial score (nSPS) is 11.4. The number of carbonyl (C=O) groups is 2. The van der Waals surface area contributed by atoms with Gasteiger partial charge in [-0.15, -0.1) is 0 Å². The number of hydrogen-bond donors (Lipinski definition) is 2. The minimum Gasteiger partial charge on any atom is -0.454 e. The van der Waals surface area contributed by atoms with Crippen LogP contribution in [-0.4, -0.2) is 18.6 Å². The smallest absolute Gasteiger partial charge is 0.255 e. The number of amides is 2. The van der Waals surface area contributed by atoms with Gasteiger partial charge < -0.3 is 20.1 Å². The van der Waals surface area contributed by atoms with E-state index in [9.17, 15) is 9.59 Å². The van der Waals surface area contributed by atoms with Crippen LogP contribution in [0, 0.1) is 11.3 Å². The van der Waals surface area contributed by atoms with Crippen molar-refractivity contribution in [3.8, 4) is 17.6 Å². The summed E-state index contributed by atoms with van der Waals surface area (Å²) in [5, 5.41) is 14.6. The molecule has 0 unspecified atom stereocenters. The first-order valence-electron chi connectivity index (χ1n) is 8.75. The average Bonchev–Trinajstić information content (AvgIpc) is 3.22. The van der Waals surface area contributed by atoms with Gasteiger partial charge in [-0.3, -0.25) is 9.59 Å². The number of hydrogen-bond acceptors (Lipinski definition) is 5. The number of para-hydroxylation sites is 1. The van der Waals surface area contributed by atoms with Crippen molar-refractivity contribution in [3.63, 3.8) is 0 Å². The summed E-state index contributed by atoms with van der Waals surface area (Å²) >= 11 is 0. The predicted molar refractivity (Wildman–Crippen MR) is 106 cm³/mol. The van der Waals surface area contributed by atoms with E-state index in [2.05, 4.69) is 10.6 Å². The molecule has 2 amide bonds. The van der Waals surface area contributed by atoms with Crippen molar-refractivity contribution in [3.05, 3.63) is 83.4 Å². The summed E-state index contributed by atoms with van der Waals surface area (Å²) < 4.78 is 10.6. The van der Waals surface area contributed by atoms with E-state index in [-0.39, 0.29) is 12.7 Å².